The normalized spacial score (nSPS) is 11.9. The number of hydrogen-bond acceptors (Lipinski definition) is 7. The third-order valence-electron chi connectivity index (χ3n) is 3.59. The van der Waals surface area contributed by atoms with Crippen LogP contribution in [0.2, 0.25) is 0 Å². The molecule has 0 aliphatic rings. The number of hydrogen-bond donors (Lipinski definition) is 3. The topological polar surface area (TPSA) is 146 Å². The second-order valence-corrected chi connectivity index (χ2v) is 9.93. The summed E-state index contributed by atoms with van der Waals surface area (Å²) in [6.45, 7) is 2.10. The maximum Gasteiger partial charge on any atom is 0.267 e. The molecule has 12 heteroatoms. The van der Waals surface area contributed by atoms with Crippen molar-refractivity contribution in [2.24, 2.45) is 0 Å². The molecule has 2 aromatic rings. The van der Waals surface area contributed by atoms with E-state index in [9.17, 15) is 21.6 Å². The zero-order chi connectivity index (χ0) is 22.9. The van der Waals surface area contributed by atoms with E-state index in [0.717, 1.165) is 22.2 Å². The number of benzene rings is 1. The monoisotopic (exact) mass is 459 g/mol. The van der Waals surface area contributed by atoms with Crippen molar-refractivity contribution in [3.05, 3.63) is 59.9 Å². The van der Waals surface area contributed by atoms with Crippen LogP contribution in [0.1, 0.15) is 18.1 Å². The lowest BCUT2D eigenvalue weighted by Crippen LogP contribution is -2.14. The fourth-order valence-corrected chi connectivity index (χ4v) is 3.31. The van der Waals surface area contributed by atoms with Gasteiger partial charge in [0.1, 0.15) is 0 Å². The maximum absolute atomic E-state index is 12.6. The molecule has 1 aromatic heterocycles. The Morgan fingerprint density at radius 2 is 1.70 bits per heavy atom. The molecule has 0 saturated heterocycles. The van der Waals surface area contributed by atoms with Crippen molar-refractivity contribution in [3.63, 3.8) is 0 Å². The van der Waals surface area contributed by atoms with E-state index < -0.39 is 26.0 Å². The van der Waals surface area contributed by atoms with Gasteiger partial charge in [-0.15, -0.1) is 0 Å². The Labute approximate surface area is 176 Å². The van der Waals surface area contributed by atoms with E-state index in [4.69, 9.17) is 9.76 Å². The molecule has 0 unspecified atom stereocenters. The summed E-state index contributed by atoms with van der Waals surface area (Å²) in [5.74, 6) is -0.894. The highest BCUT2D eigenvalue weighted by molar-refractivity contribution is 7.90. The molecule has 0 fully saturated rings. The third-order valence-corrected chi connectivity index (χ3v) is 5.97. The molecular weight excluding hydrogens is 434 g/mol. The van der Waals surface area contributed by atoms with Crippen LogP contribution in [0.15, 0.2) is 53.7 Å². The molecule has 0 atom stereocenters. The quantitative estimate of drug-likeness (QED) is 0.242. The average molecular weight is 460 g/mol. The van der Waals surface area contributed by atoms with E-state index in [2.05, 4.69) is 0 Å². The molecule has 0 saturated carbocycles. The number of aromatic nitrogens is 1. The lowest BCUT2D eigenvalue weighted by molar-refractivity contribution is -0.124. The molecule has 10 nitrogen and oxygen atoms in total. The smallest absolute Gasteiger partial charge is 0.267 e. The summed E-state index contributed by atoms with van der Waals surface area (Å²) in [5, 5.41) is 8.42. The van der Waals surface area contributed by atoms with E-state index in [0.29, 0.717) is 5.56 Å². The van der Waals surface area contributed by atoms with Gasteiger partial charge in [-0.1, -0.05) is 12.1 Å². The van der Waals surface area contributed by atoms with Crippen LogP contribution in [0, 0.1) is 0 Å². The van der Waals surface area contributed by atoms with Crippen molar-refractivity contribution in [1.29, 1.82) is 0 Å². The van der Waals surface area contributed by atoms with E-state index >= 15 is 0 Å². The Morgan fingerprint density at radius 3 is 2.17 bits per heavy atom. The predicted molar refractivity (Wildman–Crippen MR) is 112 cm³/mol. The van der Waals surface area contributed by atoms with Gasteiger partial charge in [0.15, 0.2) is 0 Å². The van der Waals surface area contributed by atoms with Crippen LogP contribution in [0.5, 0.6) is 0 Å². The van der Waals surface area contributed by atoms with Crippen molar-refractivity contribution in [3.8, 4) is 0 Å². The predicted octanol–water partition coefficient (Wildman–Crippen LogP) is 1.20. The van der Waals surface area contributed by atoms with Gasteiger partial charge in [0.05, 0.1) is 10.6 Å². The summed E-state index contributed by atoms with van der Waals surface area (Å²) in [7, 11) is -3.47. The number of carbonyl (C=O) groups excluding carboxylic acids is 1. The molecule has 3 N–H and O–H groups in total. The molecule has 166 valence electrons. The minimum absolute atomic E-state index is 0.184. The summed E-state index contributed by atoms with van der Waals surface area (Å²) < 4.78 is 53.2. The average Bonchev–Trinajstić information content (AvgIpc) is 3.16. The fourth-order valence-electron chi connectivity index (χ4n) is 2.10. The van der Waals surface area contributed by atoms with E-state index in [1.807, 2.05) is 19.0 Å². The van der Waals surface area contributed by atoms with Crippen LogP contribution in [0.3, 0.4) is 0 Å². The van der Waals surface area contributed by atoms with E-state index in [1.165, 1.54) is 30.9 Å². The van der Waals surface area contributed by atoms with Crippen LogP contribution in [-0.4, -0.2) is 61.2 Å². The van der Waals surface area contributed by atoms with Crippen molar-refractivity contribution in [2.45, 2.75) is 18.4 Å². The summed E-state index contributed by atoms with van der Waals surface area (Å²) in [6, 6.07) is 8.26. The van der Waals surface area contributed by atoms with Gasteiger partial charge in [-0.3, -0.25) is 14.6 Å². The fraction of sp³-hybridized carbons (Fsp3) is 0.278. The minimum atomic E-state index is -3.69. The summed E-state index contributed by atoms with van der Waals surface area (Å²) in [5.41, 5.74) is 3.00. The summed E-state index contributed by atoms with van der Waals surface area (Å²) in [6.07, 6.45) is 5.30. The molecule has 1 amide bonds. The van der Waals surface area contributed by atoms with Gasteiger partial charge in [0.2, 0.25) is 0 Å². The number of carbonyl (C=O) groups is 1. The minimum Gasteiger partial charge on any atom is -0.305 e. The Hall–Kier alpha value is -2.51. The van der Waals surface area contributed by atoms with Crippen LogP contribution in [0.4, 0.5) is 0 Å². The molecule has 0 aliphatic heterocycles. The third kappa shape index (κ3) is 8.47. The number of amides is 1. The molecule has 0 bridgehead atoms. The van der Waals surface area contributed by atoms with E-state index in [1.54, 1.807) is 30.3 Å². The number of hydroxylamine groups is 1. The van der Waals surface area contributed by atoms with Gasteiger partial charge in [0, 0.05) is 25.0 Å². The standard InChI is InChI=1S/C16H19N3O4S.C2H6O3S/c1-18(2)11-13-3-6-15(7-4-13)24(22,23)19-10-9-14(12-19)5-8-16(20)17-21;1-2-6(3,4)5/h3-10,12,21H,11H2,1-2H3,(H,17,20);2H2,1H3,(H,3,4,5). The van der Waals surface area contributed by atoms with Crippen LogP contribution >= 0.6 is 0 Å². The SMILES string of the molecule is CCS(=O)(=O)O.CN(C)Cc1ccc(S(=O)(=O)n2ccc(C=CC(=O)NO)c2)cc1. The highest BCUT2D eigenvalue weighted by Gasteiger charge is 2.16. The molecule has 0 aliphatic carbocycles. The van der Waals surface area contributed by atoms with Gasteiger partial charge < -0.3 is 4.90 Å². The number of nitrogens with one attached hydrogen (secondary N) is 1. The Morgan fingerprint density at radius 1 is 1.13 bits per heavy atom. The van der Waals surface area contributed by atoms with Crippen LogP contribution in [0.25, 0.3) is 6.08 Å². The first-order valence-electron chi connectivity index (χ1n) is 8.63. The Balaban J connectivity index is 0.000000656. The van der Waals surface area contributed by atoms with Crippen LogP contribution in [-0.2, 0) is 31.5 Å². The first-order chi connectivity index (χ1) is 13.9. The highest BCUT2D eigenvalue weighted by atomic mass is 32.2. The number of rotatable bonds is 7. The molecule has 0 spiro atoms. The Kier molecular flexibility index (Phi) is 9.39. The summed E-state index contributed by atoms with van der Waals surface area (Å²) >= 11 is 0. The van der Waals surface area contributed by atoms with Gasteiger partial charge >= 0.3 is 0 Å². The molecule has 2 rings (SSSR count). The molecule has 30 heavy (non-hydrogen) atoms. The first-order valence-corrected chi connectivity index (χ1v) is 11.7. The van der Waals surface area contributed by atoms with Crippen molar-refractivity contribution < 1.29 is 31.4 Å². The second-order valence-electron chi connectivity index (χ2n) is 6.34. The van der Waals surface area contributed by atoms with Crippen molar-refractivity contribution in [1.82, 2.24) is 14.4 Å². The maximum atomic E-state index is 12.6. The molecule has 1 heterocycles. The van der Waals surface area contributed by atoms with Crippen LogP contribution < -0.4 is 5.48 Å². The zero-order valence-corrected chi connectivity index (χ0v) is 18.4. The second kappa shape index (κ2) is 11.0. The molecular formula is C18H25N3O7S2. The first kappa shape index (κ1) is 25.5. The van der Waals surface area contributed by atoms with Crippen molar-refractivity contribution in [2.75, 3.05) is 19.8 Å². The summed E-state index contributed by atoms with van der Waals surface area (Å²) in [4.78, 5) is 13.1. The van der Waals surface area contributed by atoms with E-state index in [-0.39, 0.29) is 10.6 Å². The lowest BCUT2D eigenvalue weighted by Gasteiger charge is -2.10. The molecule has 1 aromatic carbocycles. The van der Waals surface area contributed by atoms with Gasteiger partial charge in [-0.05, 0) is 56.4 Å². The Bertz CT molecular complexity index is 1070. The highest BCUT2D eigenvalue weighted by Crippen LogP contribution is 2.17. The molecule has 0 radical (unpaired) electrons. The lowest BCUT2D eigenvalue weighted by atomic mass is 10.2. The van der Waals surface area contributed by atoms with Crippen molar-refractivity contribution >= 4 is 32.1 Å². The zero-order valence-electron chi connectivity index (χ0n) is 16.8. The largest absolute Gasteiger partial charge is 0.305 e. The number of nitrogens with zero attached hydrogens (tertiary/aromatic N) is 2. The van der Waals surface area contributed by atoms with Gasteiger partial charge in [-0.2, -0.15) is 8.42 Å². The van der Waals surface area contributed by atoms with Gasteiger partial charge in [-0.25, -0.2) is 17.9 Å². The van der Waals surface area contributed by atoms with Gasteiger partial charge in [0.25, 0.3) is 26.0 Å².